The summed E-state index contributed by atoms with van der Waals surface area (Å²) in [6.07, 6.45) is 3.75. The van der Waals surface area contributed by atoms with Crippen LogP contribution in [0.15, 0.2) is 0 Å². The minimum atomic E-state index is -3.42. The van der Waals surface area contributed by atoms with Gasteiger partial charge in [-0.15, -0.1) is 0 Å². The van der Waals surface area contributed by atoms with E-state index in [1.54, 1.807) is 0 Å². The molecular formula is C13H26N2O4S2. The van der Waals surface area contributed by atoms with Crippen molar-refractivity contribution in [2.24, 2.45) is 5.92 Å². The highest BCUT2D eigenvalue weighted by molar-refractivity contribution is 7.92. The van der Waals surface area contributed by atoms with Crippen molar-refractivity contribution >= 4 is 19.9 Å². The number of nitrogens with one attached hydrogen (secondary N) is 2. The average Bonchev–Trinajstić information content (AvgIpc) is 2.45. The van der Waals surface area contributed by atoms with Crippen LogP contribution < -0.4 is 10.0 Å². The summed E-state index contributed by atoms with van der Waals surface area (Å²) in [5, 5.41) is 2.82. The Bertz CT molecular complexity index is 531. The zero-order chi connectivity index (χ0) is 15.5. The lowest BCUT2D eigenvalue weighted by Crippen LogP contribution is -2.50. The Morgan fingerprint density at radius 2 is 1.86 bits per heavy atom. The third kappa shape index (κ3) is 4.64. The van der Waals surface area contributed by atoms with Crippen LogP contribution in [0.4, 0.5) is 0 Å². The molecule has 124 valence electrons. The molecule has 0 saturated carbocycles. The number of sulfonamides is 1. The fraction of sp³-hybridized carbons (Fsp3) is 1.00. The number of hydrogen-bond donors (Lipinski definition) is 2. The molecule has 2 fully saturated rings. The molecule has 0 amide bonds. The maximum absolute atomic E-state index is 12.3. The van der Waals surface area contributed by atoms with Gasteiger partial charge in [0, 0.05) is 12.6 Å². The molecule has 2 N–H and O–H groups in total. The Morgan fingerprint density at radius 3 is 2.48 bits per heavy atom. The van der Waals surface area contributed by atoms with E-state index in [1.165, 1.54) is 0 Å². The van der Waals surface area contributed by atoms with E-state index < -0.39 is 25.1 Å². The van der Waals surface area contributed by atoms with Gasteiger partial charge >= 0.3 is 0 Å². The smallest absolute Gasteiger partial charge is 0.214 e. The summed E-state index contributed by atoms with van der Waals surface area (Å²) in [6, 6.07) is 0.186. The van der Waals surface area contributed by atoms with E-state index in [0.717, 1.165) is 25.8 Å². The summed E-state index contributed by atoms with van der Waals surface area (Å²) < 4.78 is 50.1. The predicted molar refractivity (Wildman–Crippen MR) is 83.4 cm³/mol. The second-order valence-corrected chi connectivity index (χ2v) is 10.5. The first-order valence-electron chi connectivity index (χ1n) is 7.76. The zero-order valence-corrected chi connectivity index (χ0v) is 14.2. The van der Waals surface area contributed by atoms with Gasteiger partial charge in [0.25, 0.3) is 0 Å². The van der Waals surface area contributed by atoms with E-state index >= 15 is 0 Å². The lowest BCUT2D eigenvalue weighted by molar-refractivity contribution is 0.273. The van der Waals surface area contributed by atoms with Crippen LogP contribution in [-0.4, -0.2) is 52.7 Å². The highest BCUT2D eigenvalue weighted by Crippen LogP contribution is 2.21. The van der Waals surface area contributed by atoms with E-state index in [2.05, 4.69) is 17.0 Å². The Hall–Kier alpha value is -0.180. The predicted octanol–water partition coefficient (Wildman–Crippen LogP) is 0.261. The molecule has 0 aromatic heterocycles. The Kier molecular flexibility index (Phi) is 5.67. The van der Waals surface area contributed by atoms with Crippen molar-refractivity contribution in [3.8, 4) is 0 Å². The first-order chi connectivity index (χ1) is 9.84. The van der Waals surface area contributed by atoms with Crippen LogP contribution in [0.3, 0.4) is 0 Å². The normalized spacial score (nSPS) is 31.1. The molecule has 2 saturated heterocycles. The third-order valence-corrected chi connectivity index (χ3v) is 8.33. The highest BCUT2D eigenvalue weighted by atomic mass is 32.2. The van der Waals surface area contributed by atoms with Crippen molar-refractivity contribution in [3.63, 3.8) is 0 Å². The fourth-order valence-corrected chi connectivity index (χ4v) is 6.54. The number of hydrogen-bond acceptors (Lipinski definition) is 5. The molecule has 2 heterocycles. The summed E-state index contributed by atoms with van der Waals surface area (Å²) in [5.41, 5.74) is 0. The molecule has 0 aromatic rings. The van der Waals surface area contributed by atoms with Crippen molar-refractivity contribution in [3.05, 3.63) is 0 Å². The average molecular weight is 338 g/mol. The van der Waals surface area contributed by atoms with Gasteiger partial charge in [-0.2, -0.15) is 0 Å². The van der Waals surface area contributed by atoms with E-state index in [-0.39, 0.29) is 30.4 Å². The fourth-order valence-electron chi connectivity index (χ4n) is 3.25. The molecule has 2 unspecified atom stereocenters. The SMILES string of the molecule is CCC1CCCNC1CNS(=O)(=O)C1CCS(=O)(=O)CC1. The molecule has 2 aliphatic rings. The van der Waals surface area contributed by atoms with Crippen LogP contribution in [0.5, 0.6) is 0 Å². The number of rotatable bonds is 5. The van der Waals surface area contributed by atoms with Gasteiger partial charge in [0.1, 0.15) is 9.84 Å². The second-order valence-electron chi connectivity index (χ2n) is 6.12. The van der Waals surface area contributed by atoms with E-state index in [0.29, 0.717) is 12.5 Å². The summed E-state index contributed by atoms with van der Waals surface area (Å²) in [4.78, 5) is 0. The van der Waals surface area contributed by atoms with E-state index in [9.17, 15) is 16.8 Å². The monoisotopic (exact) mass is 338 g/mol. The van der Waals surface area contributed by atoms with Gasteiger partial charge in [0.05, 0.1) is 16.8 Å². The van der Waals surface area contributed by atoms with Crippen LogP contribution in [0.2, 0.25) is 0 Å². The Balaban J connectivity index is 1.89. The standard InChI is InChI=1S/C13H26N2O4S2/c1-2-11-4-3-7-14-13(11)10-15-21(18,19)12-5-8-20(16,17)9-6-12/h11-15H,2-10H2,1H3. The molecule has 21 heavy (non-hydrogen) atoms. The van der Waals surface area contributed by atoms with Gasteiger partial charge in [-0.25, -0.2) is 21.6 Å². The van der Waals surface area contributed by atoms with Gasteiger partial charge in [0.2, 0.25) is 10.0 Å². The number of sulfone groups is 1. The maximum atomic E-state index is 12.3. The van der Waals surface area contributed by atoms with Crippen LogP contribution in [-0.2, 0) is 19.9 Å². The number of piperidine rings is 1. The molecule has 2 rings (SSSR count). The van der Waals surface area contributed by atoms with Gasteiger partial charge in [-0.3, -0.25) is 0 Å². The lowest BCUT2D eigenvalue weighted by atomic mass is 9.89. The van der Waals surface area contributed by atoms with Crippen LogP contribution in [0.1, 0.15) is 39.0 Å². The van der Waals surface area contributed by atoms with Gasteiger partial charge in [-0.05, 0) is 38.1 Å². The largest absolute Gasteiger partial charge is 0.312 e. The molecule has 0 spiro atoms. The van der Waals surface area contributed by atoms with Crippen molar-refractivity contribution in [1.82, 2.24) is 10.0 Å². The van der Waals surface area contributed by atoms with Crippen molar-refractivity contribution in [2.75, 3.05) is 24.6 Å². The quantitative estimate of drug-likeness (QED) is 0.750. The van der Waals surface area contributed by atoms with Crippen LogP contribution in [0, 0.1) is 5.92 Å². The minimum Gasteiger partial charge on any atom is -0.312 e. The van der Waals surface area contributed by atoms with Gasteiger partial charge in [0.15, 0.2) is 0 Å². The molecular weight excluding hydrogens is 312 g/mol. The van der Waals surface area contributed by atoms with Crippen LogP contribution in [0.25, 0.3) is 0 Å². The van der Waals surface area contributed by atoms with E-state index in [1.807, 2.05) is 0 Å². The Morgan fingerprint density at radius 1 is 1.19 bits per heavy atom. The van der Waals surface area contributed by atoms with Crippen LogP contribution >= 0.6 is 0 Å². The molecule has 0 aliphatic carbocycles. The minimum absolute atomic E-state index is 0.0160. The Labute approximate surface area is 128 Å². The summed E-state index contributed by atoms with van der Waals surface area (Å²) in [5.74, 6) is 0.476. The molecule has 6 nitrogen and oxygen atoms in total. The molecule has 8 heteroatoms. The summed E-state index contributed by atoms with van der Waals surface area (Å²) in [6.45, 7) is 3.47. The summed E-state index contributed by atoms with van der Waals surface area (Å²) >= 11 is 0. The molecule has 0 radical (unpaired) electrons. The topological polar surface area (TPSA) is 92.3 Å². The molecule has 2 atom stereocenters. The van der Waals surface area contributed by atoms with E-state index in [4.69, 9.17) is 0 Å². The van der Waals surface area contributed by atoms with Crippen molar-refractivity contribution in [1.29, 1.82) is 0 Å². The molecule has 2 aliphatic heterocycles. The van der Waals surface area contributed by atoms with Gasteiger partial charge in [-0.1, -0.05) is 13.3 Å². The summed E-state index contributed by atoms with van der Waals surface area (Å²) in [7, 11) is -6.45. The lowest BCUT2D eigenvalue weighted by Gasteiger charge is -2.32. The first kappa shape index (κ1) is 17.2. The second kappa shape index (κ2) is 6.93. The highest BCUT2D eigenvalue weighted by Gasteiger charge is 2.33. The molecule has 0 aromatic carbocycles. The third-order valence-electron chi connectivity index (χ3n) is 4.70. The maximum Gasteiger partial charge on any atom is 0.214 e. The van der Waals surface area contributed by atoms with Crippen molar-refractivity contribution < 1.29 is 16.8 Å². The molecule has 0 bridgehead atoms. The first-order valence-corrected chi connectivity index (χ1v) is 11.1. The zero-order valence-electron chi connectivity index (χ0n) is 12.5. The van der Waals surface area contributed by atoms with Gasteiger partial charge < -0.3 is 5.32 Å². The van der Waals surface area contributed by atoms with Crippen molar-refractivity contribution in [2.45, 2.75) is 50.3 Å².